The topological polar surface area (TPSA) is 58.6 Å². The Kier molecular flexibility index (Phi) is 7.28. The van der Waals surface area contributed by atoms with Crippen molar-refractivity contribution in [2.75, 3.05) is 18.4 Å². The summed E-state index contributed by atoms with van der Waals surface area (Å²) < 4.78 is 5.86. The van der Waals surface area contributed by atoms with Crippen molar-refractivity contribution >= 4 is 17.5 Å². The van der Waals surface area contributed by atoms with E-state index in [1.807, 2.05) is 43.0 Å². The summed E-state index contributed by atoms with van der Waals surface area (Å²) in [4.78, 5) is 27.2. The Balaban J connectivity index is 1.60. The van der Waals surface area contributed by atoms with Gasteiger partial charge in [-0.3, -0.25) is 9.59 Å². The molecule has 1 atom stereocenters. The maximum atomic E-state index is 12.7. The van der Waals surface area contributed by atoms with E-state index in [-0.39, 0.29) is 11.8 Å². The molecule has 2 amide bonds. The van der Waals surface area contributed by atoms with Crippen molar-refractivity contribution in [2.24, 2.45) is 0 Å². The quantitative estimate of drug-likeness (QED) is 0.765. The molecule has 0 spiro atoms. The van der Waals surface area contributed by atoms with Gasteiger partial charge in [-0.25, -0.2) is 0 Å². The number of nitrogens with zero attached hydrogens (tertiary/aromatic N) is 1. The van der Waals surface area contributed by atoms with E-state index in [9.17, 15) is 9.59 Å². The van der Waals surface area contributed by atoms with Crippen molar-refractivity contribution in [2.45, 2.75) is 52.1 Å². The van der Waals surface area contributed by atoms with Gasteiger partial charge in [-0.15, -0.1) is 0 Å². The number of benzene rings is 2. The number of likely N-dealkylation sites (tertiary alicyclic amines) is 1. The molecule has 0 bridgehead atoms. The molecular formula is C24H30N2O3. The summed E-state index contributed by atoms with van der Waals surface area (Å²) in [6.45, 7) is 5.56. The lowest BCUT2D eigenvalue weighted by Gasteiger charge is -2.20. The van der Waals surface area contributed by atoms with Crippen LogP contribution in [0.3, 0.4) is 0 Å². The second kappa shape index (κ2) is 10.1. The molecule has 0 aromatic heterocycles. The fraction of sp³-hybridized carbons (Fsp3) is 0.417. The predicted octanol–water partition coefficient (Wildman–Crippen LogP) is 4.81. The highest BCUT2D eigenvalue weighted by Gasteiger charge is 2.20. The largest absolute Gasteiger partial charge is 0.481 e. The summed E-state index contributed by atoms with van der Waals surface area (Å²) >= 11 is 0. The zero-order chi connectivity index (χ0) is 20.6. The fourth-order valence-electron chi connectivity index (χ4n) is 3.55. The van der Waals surface area contributed by atoms with Gasteiger partial charge in [0.15, 0.2) is 6.10 Å². The van der Waals surface area contributed by atoms with Gasteiger partial charge in [-0.1, -0.05) is 31.9 Å². The third-order valence-electron chi connectivity index (χ3n) is 5.22. The van der Waals surface area contributed by atoms with Gasteiger partial charge in [-0.2, -0.15) is 0 Å². The number of ether oxygens (including phenoxy) is 1. The molecule has 1 aliphatic heterocycles. The van der Waals surface area contributed by atoms with Crippen LogP contribution in [0.2, 0.25) is 0 Å². The van der Waals surface area contributed by atoms with Crippen LogP contribution in [0.1, 0.15) is 54.9 Å². The van der Waals surface area contributed by atoms with Crippen molar-refractivity contribution < 1.29 is 14.3 Å². The lowest BCUT2D eigenvalue weighted by molar-refractivity contribution is -0.122. The highest BCUT2D eigenvalue weighted by molar-refractivity contribution is 5.97. The summed E-state index contributed by atoms with van der Waals surface area (Å²) in [5.74, 6) is 0.560. The van der Waals surface area contributed by atoms with E-state index < -0.39 is 6.10 Å². The van der Waals surface area contributed by atoms with Gasteiger partial charge >= 0.3 is 0 Å². The van der Waals surface area contributed by atoms with Gasteiger partial charge < -0.3 is 15.0 Å². The van der Waals surface area contributed by atoms with Gasteiger partial charge in [0.1, 0.15) is 5.75 Å². The molecule has 2 aromatic rings. The zero-order valence-electron chi connectivity index (χ0n) is 17.3. The first-order valence-corrected chi connectivity index (χ1v) is 10.5. The number of hydrogen-bond acceptors (Lipinski definition) is 3. The number of amides is 2. The summed E-state index contributed by atoms with van der Waals surface area (Å²) in [7, 11) is 0. The highest BCUT2D eigenvalue weighted by Crippen LogP contribution is 2.18. The molecule has 1 fully saturated rings. The summed E-state index contributed by atoms with van der Waals surface area (Å²) in [6.07, 6.45) is 4.51. The van der Waals surface area contributed by atoms with Gasteiger partial charge in [-0.05, 0) is 68.1 Å². The molecule has 0 saturated carbocycles. The standard InChI is InChI=1S/C24H30N2O3/c1-3-22(29-21-10-8-9-18(2)17-21)23(27)25-20-13-11-19(12-14-20)24(28)26-15-6-4-5-7-16-26/h8-14,17,22H,3-7,15-16H2,1-2H3,(H,25,27). The monoisotopic (exact) mass is 394 g/mol. The van der Waals surface area contributed by atoms with Crippen LogP contribution in [0.5, 0.6) is 5.75 Å². The molecule has 1 heterocycles. The average Bonchev–Trinajstić information content (AvgIpc) is 3.01. The van der Waals surface area contributed by atoms with Gasteiger partial charge in [0.2, 0.25) is 0 Å². The maximum absolute atomic E-state index is 12.7. The molecule has 5 heteroatoms. The molecule has 3 rings (SSSR count). The minimum Gasteiger partial charge on any atom is -0.481 e. The van der Waals surface area contributed by atoms with E-state index in [2.05, 4.69) is 5.32 Å². The Morgan fingerprint density at radius 3 is 2.34 bits per heavy atom. The van der Waals surface area contributed by atoms with E-state index in [1.54, 1.807) is 24.3 Å². The van der Waals surface area contributed by atoms with E-state index in [0.717, 1.165) is 31.5 Å². The Morgan fingerprint density at radius 1 is 1.03 bits per heavy atom. The molecule has 1 N–H and O–H groups in total. The number of hydrogen-bond donors (Lipinski definition) is 1. The predicted molar refractivity (Wildman–Crippen MR) is 115 cm³/mol. The zero-order valence-corrected chi connectivity index (χ0v) is 17.3. The third kappa shape index (κ3) is 5.83. The molecular weight excluding hydrogens is 364 g/mol. The van der Waals surface area contributed by atoms with Crippen LogP contribution in [-0.2, 0) is 4.79 Å². The van der Waals surface area contributed by atoms with E-state index in [0.29, 0.717) is 23.4 Å². The molecule has 0 aliphatic carbocycles. The lowest BCUT2D eigenvalue weighted by Crippen LogP contribution is -2.32. The highest BCUT2D eigenvalue weighted by atomic mass is 16.5. The Labute approximate surface area is 173 Å². The molecule has 0 radical (unpaired) electrons. The smallest absolute Gasteiger partial charge is 0.265 e. The first-order valence-electron chi connectivity index (χ1n) is 10.5. The first kappa shape index (κ1) is 20.9. The molecule has 1 aliphatic rings. The van der Waals surface area contributed by atoms with Crippen LogP contribution in [0, 0.1) is 6.92 Å². The number of carbonyl (C=O) groups excluding carboxylic acids is 2. The van der Waals surface area contributed by atoms with Crippen LogP contribution < -0.4 is 10.1 Å². The minimum atomic E-state index is -0.574. The number of nitrogens with one attached hydrogen (secondary N) is 1. The van der Waals surface area contributed by atoms with Crippen LogP contribution in [0.4, 0.5) is 5.69 Å². The second-order valence-corrected chi connectivity index (χ2v) is 7.60. The van der Waals surface area contributed by atoms with Gasteiger partial charge in [0.05, 0.1) is 0 Å². The molecule has 2 aromatic carbocycles. The molecule has 154 valence electrons. The second-order valence-electron chi connectivity index (χ2n) is 7.60. The molecule has 5 nitrogen and oxygen atoms in total. The number of aryl methyl sites for hydroxylation is 1. The maximum Gasteiger partial charge on any atom is 0.265 e. The van der Waals surface area contributed by atoms with Gasteiger partial charge in [0, 0.05) is 24.3 Å². The lowest BCUT2D eigenvalue weighted by atomic mass is 10.1. The Bertz CT molecular complexity index is 824. The van der Waals surface area contributed by atoms with Crippen LogP contribution in [0.25, 0.3) is 0 Å². The first-order chi connectivity index (χ1) is 14.1. The Hall–Kier alpha value is -2.82. The summed E-state index contributed by atoms with van der Waals surface area (Å²) in [5, 5.41) is 2.89. The van der Waals surface area contributed by atoms with Gasteiger partial charge in [0.25, 0.3) is 11.8 Å². The molecule has 1 unspecified atom stereocenters. The van der Waals surface area contributed by atoms with Crippen molar-refractivity contribution in [3.05, 3.63) is 59.7 Å². The summed E-state index contributed by atoms with van der Waals surface area (Å²) in [6, 6.07) is 14.8. The number of anilines is 1. The van der Waals surface area contributed by atoms with Crippen molar-refractivity contribution in [1.82, 2.24) is 4.90 Å². The Morgan fingerprint density at radius 2 is 1.72 bits per heavy atom. The summed E-state index contributed by atoms with van der Waals surface area (Å²) in [5.41, 5.74) is 2.41. The number of rotatable bonds is 6. The average molecular weight is 395 g/mol. The van der Waals surface area contributed by atoms with E-state index in [1.165, 1.54) is 12.8 Å². The van der Waals surface area contributed by atoms with Crippen molar-refractivity contribution in [3.63, 3.8) is 0 Å². The van der Waals surface area contributed by atoms with Crippen LogP contribution in [-0.4, -0.2) is 35.9 Å². The molecule has 29 heavy (non-hydrogen) atoms. The molecule has 1 saturated heterocycles. The number of carbonyl (C=O) groups is 2. The fourth-order valence-corrected chi connectivity index (χ4v) is 3.55. The normalized spacial score (nSPS) is 15.3. The minimum absolute atomic E-state index is 0.0685. The van der Waals surface area contributed by atoms with Crippen molar-refractivity contribution in [1.29, 1.82) is 0 Å². The van der Waals surface area contributed by atoms with Crippen LogP contribution in [0.15, 0.2) is 48.5 Å². The third-order valence-corrected chi connectivity index (χ3v) is 5.22. The SMILES string of the molecule is CCC(Oc1cccc(C)c1)C(=O)Nc1ccc(C(=O)N2CCCCCC2)cc1. The van der Waals surface area contributed by atoms with E-state index >= 15 is 0 Å². The van der Waals surface area contributed by atoms with Crippen LogP contribution >= 0.6 is 0 Å². The van der Waals surface area contributed by atoms with E-state index in [4.69, 9.17) is 4.74 Å². The van der Waals surface area contributed by atoms with Crippen molar-refractivity contribution in [3.8, 4) is 5.75 Å².